The van der Waals surface area contributed by atoms with Gasteiger partial charge in [0.1, 0.15) is 5.82 Å². The van der Waals surface area contributed by atoms with Gasteiger partial charge in [-0.2, -0.15) is 0 Å². The van der Waals surface area contributed by atoms with E-state index in [0.29, 0.717) is 24.8 Å². The minimum atomic E-state index is -0.210. The summed E-state index contributed by atoms with van der Waals surface area (Å²) in [6.07, 6.45) is 7.44. The zero-order valence-electron chi connectivity index (χ0n) is 14.5. The van der Waals surface area contributed by atoms with Crippen LogP contribution < -0.4 is 16.4 Å². The maximum atomic E-state index is 12.2. The lowest BCUT2D eigenvalue weighted by Crippen LogP contribution is -2.29. The van der Waals surface area contributed by atoms with Crippen molar-refractivity contribution in [3.05, 3.63) is 35.8 Å². The summed E-state index contributed by atoms with van der Waals surface area (Å²) < 4.78 is 1.80. The van der Waals surface area contributed by atoms with E-state index in [2.05, 4.69) is 25.9 Å². The molecule has 134 valence electrons. The van der Waals surface area contributed by atoms with E-state index in [4.69, 9.17) is 5.73 Å². The van der Waals surface area contributed by atoms with Gasteiger partial charge in [0.05, 0.1) is 12.2 Å². The van der Waals surface area contributed by atoms with Gasteiger partial charge in [-0.15, -0.1) is 5.10 Å². The summed E-state index contributed by atoms with van der Waals surface area (Å²) in [5.74, 6) is 0.591. The molecule has 1 amide bonds. The summed E-state index contributed by atoms with van der Waals surface area (Å²) in [6, 6.07) is 4.49. The van der Waals surface area contributed by atoms with Gasteiger partial charge in [0, 0.05) is 25.3 Å². The van der Waals surface area contributed by atoms with Crippen molar-refractivity contribution in [1.82, 2.24) is 25.3 Å². The smallest absolute Gasteiger partial charge is 0.273 e. The molecule has 0 aromatic carbocycles. The first-order valence-electron chi connectivity index (χ1n) is 8.74. The SMILES string of the molecule is Cc1ccnc(NCCNC(=O)c2cn(C3CCC(N)CC3)nn2)c1. The molecule has 3 rings (SSSR count). The van der Waals surface area contributed by atoms with Crippen LogP contribution in [0.3, 0.4) is 0 Å². The first-order valence-corrected chi connectivity index (χ1v) is 8.74. The molecule has 0 spiro atoms. The van der Waals surface area contributed by atoms with Crippen LogP contribution in [0.25, 0.3) is 0 Å². The van der Waals surface area contributed by atoms with Crippen LogP contribution in [0.4, 0.5) is 5.82 Å². The fourth-order valence-electron chi connectivity index (χ4n) is 3.02. The Morgan fingerprint density at radius 1 is 1.32 bits per heavy atom. The molecule has 25 heavy (non-hydrogen) atoms. The van der Waals surface area contributed by atoms with Crippen molar-refractivity contribution < 1.29 is 4.79 Å². The number of carbonyl (C=O) groups is 1. The van der Waals surface area contributed by atoms with Gasteiger partial charge in [-0.1, -0.05) is 5.21 Å². The minimum Gasteiger partial charge on any atom is -0.368 e. The van der Waals surface area contributed by atoms with Crippen LogP contribution in [0.15, 0.2) is 24.5 Å². The first kappa shape index (κ1) is 17.3. The van der Waals surface area contributed by atoms with Crippen molar-refractivity contribution in [2.45, 2.75) is 44.7 Å². The van der Waals surface area contributed by atoms with Crippen LogP contribution in [0.1, 0.15) is 47.8 Å². The maximum Gasteiger partial charge on any atom is 0.273 e. The highest BCUT2D eigenvalue weighted by Gasteiger charge is 2.22. The summed E-state index contributed by atoms with van der Waals surface area (Å²) in [6.45, 7) is 3.09. The van der Waals surface area contributed by atoms with E-state index in [1.165, 1.54) is 0 Å². The van der Waals surface area contributed by atoms with Crippen LogP contribution in [0.2, 0.25) is 0 Å². The predicted octanol–water partition coefficient (Wildman–Crippen LogP) is 1.27. The van der Waals surface area contributed by atoms with Crippen LogP contribution in [0.5, 0.6) is 0 Å². The number of nitrogens with zero attached hydrogens (tertiary/aromatic N) is 4. The van der Waals surface area contributed by atoms with Crippen molar-refractivity contribution in [3.8, 4) is 0 Å². The Hall–Kier alpha value is -2.48. The molecule has 1 fully saturated rings. The van der Waals surface area contributed by atoms with E-state index < -0.39 is 0 Å². The second-order valence-corrected chi connectivity index (χ2v) is 6.55. The number of aromatic nitrogens is 4. The Balaban J connectivity index is 1.44. The molecule has 2 aromatic heterocycles. The molecule has 0 atom stereocenters. The standard InChI is InChI=1S/C17H25N7O/c1-12-6-7-19-16(10-12)20-8-9-21-17(25)15-11-24(23-22-15)14-4-2-13(18)3-5-14/h6-7,10-11,13-14H,2-5,8-9,18H2,1H3,(H,19,20)(H,21,25). The van der Waals surface area contributed by atoms with Crippen molar-refractivity contribution in [1.29, 1.82) is 0 Å². The molecule has 8 heteroatoms. The van der Waals surface area contributed by atoms with Crippen LogP contribution in [-0.4, -0.2) is 45.0 Å². The number of nitrogens with two attached hydrogens (primary N) is 1. The molecule has 0 aliphatic heterocycles. The monoisotopic (exact) mass is 343 g/mol. The van der Waals surface area contributed by atoms with Gasteiger partial charge >= 0.3 is 0 Å². The van der Waals surface area contributed by atoms with Crippen LogP contribution in [0, 0.1) is 6.92 Å². The molecular weight excluding hydrogens is 318 g/mol. The third kappa shape index (κ3) is 4.76. The Bertz CT molecular complexity index is 707. The molecule has 8 nitrogen and oxygen atoms in total. The lowest BCUT2D eigenvalue weighted by molar-refractivity contribution is 0.0950. The molecule has 0 saturated heterocycles. The van der Waals surface area contributed by atoms with Gasteiger partial charge in [-0.3, -0.25) is 4.79 Å². The maximum absolute atomic E-state index is 12.2. The summed E-state index contributed by atoms with van der Waals surface area (Å²) >= 11 is 0. The number of pyridine rings is 1. The fraction of sp³-hybridized carbons (Fsp3) is 0.529. The van der Waals surface area contributed by atoms with Gasteiger partial charge in [-0.05, 0) is 50.3 Å². The third-order valence-corrected chi connectivity index (χ3v) is 4.49. The molecule has 0 radical (unpaired) electrons. The van der Waals surface area contributed by atoms with Gasteiger partial charge in [0.15, 0.2) is 5.69 Å². The topological polar surface area (TPSA) is 111 Å². The zero-order valence-corrected chi connectivity index (χ0v) is 14.5. The van der Waals surface area contributed by atoms with Gasteiger partial charge in [-0.25, -0.2) is 9.67 Å². The largest absolute Gasteiger partial charge is 0.368 e. The molecule has 2 aromatic rings. The second-order valence-electron chi connectivity index (χ2n) is 6.55. The quantitative estimate of drug-likeness (QED) is 0.681. The Morgan fingerprint density at radius 2 is 2.12 bits per heavy atom. The lowest BCUT2D eigenvalue weighted by atomic mass is 9.92. The van der Waals surface area contributed by atoms with Crippen molar-refractivity contribution in [2.24, 2.45) is 5.73 Å². The van der Waals surface area contributed by atoms with Crippen molar-refractivity contribution >= 4 is 11.7 Å². The normalized spacial score (nSPS) is 20.2. The molecule has 1 aliphatic rings. The molecule has 2 heterocycles. The van der Waals surface area contributed by atoms with Gasteiger partial charge in [0.2, 0.25) is 0 Å². The lowest BCUT2D eigenvalue weighted by Gasteiger charge is -2.25. The summed E-state index contributed by atoms with van der Waals surface area (Å²) in [5, 5.41) is 14.1. The summed E-state index contributed by atoms with van der Waals surface area (Å²) in [5.41, 5.74) is 7.42. The number of amides is 1. The van der Waals surface area contributed by atoms with E-state index in [1.807, 2.05) is 19.1 Å². The van der Waals surface area contributed by atoms with Gasteiger partial charge < -0.3 is 16.4 Å². The van der Waals surface area contributed by atoms with E-state index in [9.17, 15) is 4.79 Å². The van der Waals surface area contributed by atoms with E-state index in [0.717, 1.165) is 37.1 Å². The van der Waals surface area contributed by atoms with Crippen LogP contribution in [-0.2, 0) is 0 Å². The number of hydrogen-bond acceptors (Lipinski definition) is 6. The van der Waals surface area contributed by atoms with Crippen molar-refractivity contribution in [3.63, 3.8) is 0 Å². The van der Waals surface area contributed by atoms with Gasteiger partial charge in [0.25, 0.3) is 5.91 Å². The zero-order chi connectivity index (χ0) is 17.6. The predicted molar refractivity (Wildman–Crippen MR) is 95.3 cm³/mol. The highest BCUT2D eigenvalue weighted by molar-refractivity contribution is 5.91. The summed E-state index contributed by atoms with van der Waals surface area (Å²) in [4.78, 5) is 16.4. The Kier molecular flexibility index (Phi) is 5.60. The molecular formula is C17H25N7O. The number of aryl methyl sites for hydroxylation is 1. The highest BCUT2D eigenvalue weighted by atomic mass is 16.2. The number of carbonyl (C=O) groups excluding carboxylic acids is 1. The second kappa shape index (κ2) is 8.06. The van der Waals surface area contributed by atoms with Crippen molar-refractivity contribution in [2.75, 3.05) is 18.4 Å². The molecule has 1 aliphatic carbocycles. The number of anilines is 1. The molecule has 0 unspecified atom stereocenters. The highest BCUT2D eigenvalue weighted by Crippen LogP contribution is 2.26. The number of rotatable bonds is 6. The molecule has 4 N–H and O–H groups in total. The first-order chi connectivity index (χ1) is 12.1. The average Bonchev–Trinajstić information content (AvgIpc) is 3.09. The molecule has 1 saturated carbocycles. The van der Waals surface area contributed by atoms with E-state index >= 15 is 0 Å². The fourth-order valence-corrected chi connectivity index (χ4v) is 3.02. The summed E-state index contributed by atoms with van der Waals surface area (Å²) in [7, 11) is 0. The molecule has 0 bridgehead atoms. The number of nitrogens with one attached hydrogen (secondary N) is 2. The third-order valence-electron chi connectivity index (χ3n) is 4.49. The Morgan fingerprint density at radius 3 is 2.88 bits per heavy atom. The van der Waals surface area contributed by atoms with E-state index in [1.54, 1.807) is 17.1 Å². The average molecular weight is 343 g/mol. The minimum absolute atomic E-state index is 0.210. The van der Waals surface area contributed by atoms with Crippen LogP contribution >= 0.6 is 0 Å². The Labute approximate surface area is 147 Å². The number of hydrogen-bond donors (Lipinski definition) is 3. The van der Waals surface area contributed by atoms with E-state index in [-0.39, 0.29) is 11.9 Å².